The molecule has 4 heteroatoms. The lowest BCUT2D eigenvalue weighted by Gasteiger charge is -2.13. The Morgan fingerprint density at radius 2 is 1.93 bits per heavy atom. The van der Waals surface area contributed by atoms with E-state index in [4.69, 9.17) is 0 Å². The molecule has 0 aliphatic rings. The highest BCUT2D eigenvalue weighted by atomic mass is 16.3. The van der Waals surface area contributed by atoms with Crippen LogP contribution in [-0.4, -0.2) is 20.3 Å². The van der Waals surface area contributed by atoms with E-state index in [1.165, 1.54) is 0 Å². The highest BCUT2D eigenvalue weighted by Crippen LogP contribution is 2.03. The molecule has 1 rings (SSSR count). The van der Waals surface area contributed by atoms with Crippen molar-refractivity contribution in [1.82, 2.24) is 9.13 Å². The van der Waals surface area contributed by atoms with Crippen LogP contribution < -0.4 is 5.69 Å². The van der Waals surface area contributed by atoms with Gasteiger partial charge in [-0.05, 0) is 12.3 Å². The van der Waals surface area contributed by atoms with Gasteiger partial charge >= 0.3 is 5.69 Å². The van der Waals surface area contributed by atoms with E-state index in [2.05, 4.69) is 0 Å². The molecule has 0 bridgehead atoms. The van der Waals surface area contributed by atoms with Gasteiger partial charge in [0.05, 0.1) is 12.6 Å². The maximum absolute atomic E-state index is 11.7. The van der Waals surface area contributed by atoms with Crippen LogP contribution in [0.2, 0.25) is 0 Å². The molecule has 0 aliphatic carbocycles. The molecular weight excluding hydrogens is 192 g/mol. The van der Waals surface area contributed by atoms with E-state index in [1.807, 2.05) is 20.8 Å². The fourth-order valence-electron chi connectivity index (χ4n) is 1.42. The molecule has 4 nitrogen and oxygen atoms in total. The predicted molar refractivity (Wildman–Crippen MR) is 59.8 cm³/mol. The summed E-state index contributed by atoms with van der Waals surface area (Å²) in [6, 6.07) is 0. The number of aliphatic hydroxyl groups is 1. The molecule has 1 heterocycles. The van der Waals surface area contributed by atoms with Crippen LogP contribution >= 0.6 is 0 Å². The number of aryl methyl sites for hydroxylation is 1. The lowest BCUT2D eigenvalue weighted by molar-refractivity contribution is 0.105. The molecule has 0 aliphatic heterocycles. The molecule has 0 spiro atoms. The van der Waals surface area contributed by atoms with E-state index in [0.29, 0.717) is 6.54 Å². The molecule has 0 fully saturated rings. The Kier molecular flexibility index (Phi) is 4.15. The lowest BCUT2D eigenvalue weighted by Crippen LogP contribution is -2.30. The SMILES string of the molecule is CCCn1ccn(CC(O)C(C)C)c1=O. The van der Waals surface area contributed by atoms with E-state index >= 15 is 0 Å². The summed E-state index contributed by atoms with van der Waals surface area (Å²) in [5.41, 5.74) is -0.0310. The van der Waals surface area contributed by atoms with Crippen LogP contribution in [0.3, 0.4) is 0 Å². The number of imidazole rings is 1. The highest BCUT2D eigenvalue weighted by Gasteiger charge is 2.11. The van der Waals surface area contributed by atoms with E-state index in [1.54, 1.807) is 21.5 Å². The molecule has 1 atom stereocenters. The molecule has 0 radical (unpaired) electrons. The molecule has 15 heavy (non-hydrogen) atoms. The van der Waals surface area contributed by atoms with Gasteiger partial charge in [-0.2, -0.15) is 0 Å². The minimum absolute atomic E-state index is 0.0310. The third-order valence-corrected chi connectivity index (χ3v) is 2.54. The van der Waals surface area contributed by atoms with Gasteiger partial charge in [0.1, 0.15) is 0 Å². The van der Waals surface area contributed by atoms with E-state index < -0.39 is 6.10 Å². The third kappa shape index (κ3) is 2.96. The van der Waals surface area contributed by atoms with Crippen LogP contribution in [0.25, 0.3) is 0 Å². The van der Waals surface area contributed by atoms with Gasteiger partial charge in [0, 0.05) is 18.9 Å². The Morgan fingerprint density at radius 3 is 2.47 bits per heavy atom. The number of aromatic nitrogens is 2. The summed E-state index contributed by atoms with van der Waals surface area (Å²) < 4.78 is 3.24. The molecule has 0 aromatic carbocycles. The Balaban J connectivity index is 2.74. The first-order valence-corrected chi connectivity index (χ1v) is 5.50. The van der Waals surface area contributed by atoms with Gasteiger partial charge in [-0.15, -0.1) is 0 Å². The molecular formula is C11H20N2O2. The smallest absolute Gasteiger partial charge is 0.328 e. The van der Waals surface area contributed by atoms with Crippen molar-refractivity contribution in [2.24, 2.45) is 5.92 Å². The summed E-state index contributed by atoms with van der Waals surface area (Å²) in [5.74, 6) is 0.173. The number of rotatable bonds is 5. The van der Waals surface area contributed by atoms with E-state index in [9.17, 15) is 9.90 Å². The van der Waals surface area contributed by atoms with Crippen LogP contribution in [0.15, 0.2) is 17.2 Å². The highest BCUT2D eigenvalue weighted by molar-refractivity contribution is 4.82. The molecule has 1 N–H and O–H groups in total. The Bertz CT molecular complexity index is 352. The van der Waals surface area contributed by atoms with Gasteiger partial charge in [0.25, 0.3) is 0 Å². The van der Waals surface area contributed by atoms with Gasteiger partial charge in [-0.1, -0.05) is 20.8 Å². The second kappa shape index (κ2) is 5.16. The van der Waals surface area contributed by atoms with Crippen molar-refractivity contribution in [3.8, 4) is 0 Å². The largest absolute Gasteiger partial charge is 0.391 e. The van der Waals surface area contributed by atoms with Crippen molar-refractivity contribution in [2.45, 2.75) is 46.4 Å². The number of aliphatic hydroxyl groups excluding tert-OH is 1. The van der Waals surface area contributed by atoms with Gasteiger partial charge in [-0.25, -0.2) is 4.79 Å². The van der Waals surface area contributed by atoms with Crippen molar-refractivity contribution in [2.75, 3.05) is 0 Å². The zero-order valence-electron chi connectivity index (χ0n) is 9.68. The first-order chi connectivity index (χ1) is 7.06. The van der Waals surface area contributed by atoms with Crippen molar-refractivity contribution in [3.63, 3.8) is 0 Å². The first kappa shape index (κ1) is 12.0. The van der Waals surface area contributed by atoms with Gasteiger partial charge in [-0.3, -0.25) is 9.13 Å². The Hall–Kier alpha value is -1.03. The second-order valence-electron chi connectivity index (χ2n) is 4.24. The first-order valence-electron chi connectivity index (χ1n) is 5.50. The third-order valence-electron chi connectivity index (χ3n) is 2.54. The molecule has 0 amide bonds. The summed E-state index contributed by atoms with van der Waals surface area (Å²) >= 11 is 0. The van der Waals surface area contributed by atoms with Crippen molar-refractivity contribution in [3.05, 3.63) is 22.9 Å². The Labute approximate surface area is 90.2 Å². The normalized spacial score (nSPS) is 13.4. The van der Waals surface area contributed by atoms with Gasteiger partial charge in [0.2, 0.25) is 0 Å². The molecule has 1 unspecified atom stereocenters. The minimum atomic E-state index is -0.458. The summed E-state index contributed by atoms with van der Waals surface area (Å²) in [5, 5.41) is 9.67. The predicted octanol–water partition coefficient (Wildman–Crippen LogP) is 1.08. The van der Waals surface area contributed by atoms with E-state index in [-0.39, 0.29) is 11.6 Å². The van der Waals surface area contributed by atoms with Crippen LogP contribution in [0.5, 0.6) is 0 Å². The molecule has 1 aromatic heterocycles. The van der Waals surface area contributed by atoms with Crippen LogP contribution in [0, 0.1) is 5.92 Å². The van der Waals surface area contributed by atoms with Gasteiger partial charge in [0.15, 0.2) is 0 Å². The average Bonchev–Trinajstić information content (AvgIpc) is 2.50. The second-order valence-corrected chi connectivity index (χ2v) is 4.24. The minimum Gasteiger partial charge on any atom is -0.391 e. The molecule has 0 saturated carbocycles. The van der Waals surface area contributed by atoms with Crippen molar-refractivity contribution in [1.29, 1.82) is 0 Å². The molecule has 86 valence electrons. The van der Waals surface area contributed by atoms with Crippen molar-refractivity contribution >= 4 is 0 Å². The fraction of sp³-hybridized carbons (Fsp3) is 0.727. The fourth-order valence-corrected chi connectivity index (χ4v) is 1.42. The van der Waals surface area contributed by atoms with Crippen molar-refractivity contribution < 1.29 is 5.11 Å². The summed E-state index contributed by atoms with van der Waals surface area (Å²) in [7, 11) is 0. The molecule has 0 saturated heterocycles. The number of hydrogen-bond donors (Lipinski definition) is 1. The standard InChI is InChI=1S/C11H20N2O2/c1-4-5-12-6-7-13(11(12)15)8-10(14)9(2)3/h6-7,9-10,14H,4-5,8H2,1-3H3. The molecule has 1 aromatic rings. The lowest BCUT2D eigenvalue weighted by atomic mass is 10.1. The van der Waals surface area contributed by atoms with Crippen LogP contribution in [0.1, 0.15) is 27.2 Å². The monoisotopic (exact) mass is 212 g/mol. The van der Waals surface area contributed by atoms with Crippen LogP contribution in [-0.2, 0) is 13.1 Å². The zero-order valence-corrected chi connectivity index (χ0v) is 9.68. The maximum atomic E-state index is 11.7. The Morgan fingerprint density at radius 1 is 1.33 bits per heavy atom. The van der Waals surface area contributed by atoms with Gasteiger partial charge < -0.3 is 5.11 Å². The summed E-state index contributed by atoms with van der Waals surface area (Å²) in [6.45, 7) is 7.04. The number of nitrogens with zero attached hydrogens (tertiary/aromatic N) is 2. The average molecular weight is 212 g/mol. The van der Waals surface area contributed by atoms with E-state index in [0.717, 1.165) is 13.0 Å². The summed E-state index contributed by atoms with van der Waals surface area (Å²) in [4.78, 5) is 11.7. The maximum Gasteiger partial charge on any atom is 0.328 e. The quantitative estimate of drug-likeness (QED) is 0.793. The number of hydrogen-bond acceptors (Lipinski definition) is 2. The summed E-state index contributed by atoms with van der Waals surface area (Å²) in [6.07, 6.45) is 4.00. The van der Waals surface area contributed by atoms with Crippen LogP contribution in [0.4, 0.5) is 0 Å². The topological polar surface area (TPSA) is 47.2 Å². The zero-order chi connectivity index (χ0) is 11.4.